The van der Waals surface area contributed by atoms with Crippen LogP contribution in [-0.4, -0.2) is 44.2 Å². The van der Waals surface area contributed by atoms with E-state index >= 15 is 0 Å². The minimum absolute atomic E-state index is 0.637. The van der Waals surface area contributed by atoms with E-state index in [-0.39, 0.29) is 0 Å². The first-order chi connectivity index (χ1) is 9.83. The summed E-state index contributed by atoms with van der Waals surface area (Å²) in [7, 11) is 2.01. The van der Waals surface area contributed by atoms with Crippen molar-refractivity contribution in [2.24, 2.45) is 0 Å². The molecule has 20 heavy (non-hydrogen) atoms. The van der Waals surface area contributed by atoms with Crippen molar-refractivity contribution in [1.82, 2.24) is 10.2 Å². The Hall–Kier alpha value is -1.57. The van der Waals surface area contributed by atoms with Crippen molar-refractivity contribution in [3.8, 4) is 11.8 Å². The topological polar surface area (TPSA) is 48.3 Å². The fourth-order valence-corrected chi connectivity index (χ4v) is 2.73. The number of nitriles is 1. The van der Waals surface area contributed by atoms with Crippen molar-refractivity contribution >= 4 is 0 Å². The number of likely N-dealkylation sites (tertiary alicyclic amines) is 1. The first-order valence-corrected chi connectivity index (χ1v) is 7.35. The van der Waals surface area contributed by atoms with Crippen molar-refractivity contribution in [3.05, 3.63) is 29.8 Å². The van der Waals surface area contributed by atoms with Crippen LogP contribution in [0.2, 0.25) is 0 Å². The lowest BCUT2D eigenvalue weighted by Gasteiger charge is -2.35. The maximum Gasteiger partial charge on any atom is 0.119 e. The van der Waals surface area contributed by atoms with Crippen molar-refractivity contribution in [2.75, 3.05) is 33.3 Å². The molecule has 0 radical (unpaired) electrons. The summed E-state index contributed by atoms with van der Waals surface area (Å²) in [6.07, 6.45) is 3.90. The Bertz CT molecular complexity index is 436. The van der Waals surface area contributed by atoms with E-state index in [1.165, 1.54) is 25.8 Å². The normalized spacial score (nSPS) is 19.5. The Morgan fingerprint density at radius 3 is 2.85 bits per heavy atom. The highest BCUT2D eigenvalue weighted by atomic mass is 16.5. The molecule has 0 saturated carbocycles. The first-order valence-electron chi connectivity index (χ1n) is 7.35. The smallest absolute Gasteiger partial charge is 0.119 e. The predicted octanol–water partition coefficient (Wildman–Crippen LogP) is 2.01. The van der Waals surface area contributed by atoms with E-state index in [4.69, 9.17) is 10.00 Å². The monoisotopic (exact) mass is 273 g/mol. The van der Waals surface area contributed by atoms with Gasteiger partial charge in [-0.05, 0) is 50.7 Å². The molecule has 1 aromatic carbocycles. The maximum absolute atomic E-state index is 8.75. The van der Waals surface area contributed by atoms with Gasteiger partial charge in [0, 0.05) is 19.1 Å². The third-order valence-electron chi connectivity index (χ3n) is 3.82. The molecule has 2 rings (SSSR count). The highest BCUT2D eigenvalue weighted by Gasteiger charge is 2.21. The van der Waals surface area contributed by atoms with E-state index in [1.807, 2.05) is 19.2 Å². The van der Waals surface area contributed by atoms with E-state index in [0.29, 0.717) is 18.2 Å². The number of hydrogen-bond acceptors (Lipinski definition) is 4. The molecule has 0 aromatic heterocycles. The number of nitrogens with zero attached hydrogens (tertiary/aromatic N) is 2. The number of likely N-dealkylation sites (N-methyl/N-ethyl adjacent to an activating group) is 1. The van der Waals surface area contributed by atoms with Gasteiger partial charge in [0.1, 0.15) is 12.4 Å². The SMILES string of the molecule is CNCC1CCCCN1CCOc1ccc(C#N)cc1. The van der Waals surface area contributed by atoms with Crippen molar-refractivity contribution in [2.45, 2.75) is 25.3 Å². The van der Waals surface area contributed by atoms with Crippen LogP contribution >= 0.6 is 0 Å². The van der Waals surface area contributed by atoms with Gasteiger partial charge in [-0.15, -0.1) is 0 Å². The summed E-state index contributed by atoms with van der Waals surface area (Å²) in [5, 5.41) is 12.0. The fourth-order valence-electron chi connectivity index (χ4n) is 2.73. The molecule has 1 fully saturated rings. The molecular weight excluding hydrogens is 250 g/mol. The molecule has 1 unspecified atom stereocenters. The number of ether oxygens (including phenoxy) is 1. The van der Waals surface area contributed by atoms with Crippen LogP contribution in [0.1, 0.15) is 24.8 Å². The third kappa shape index (κ3) is 4.22. The van der Waals surface area contributed by atoms with Crippen LogP contribution in [-0.2, 0) is 0 Å². The van der Waals surface area contributed by atoms with Crippen LogP contribution in [0, 0.1) is 11.3 Å². The summed E-state index contributed by atoms with van der Waals surface area (Å²) >= 11 is 0. The molecule has 0 spiro atoms. The second kappa shape index (κ2) is 7.88. The number of piperidine rings is 1. The lowest BCUT2D eigenvalue weighted by Crippen LogP contribution is -2.46. The number of benzene rings is 1. The van der Waals surface area contributed by atoms with Gasteiger partial charge in [0.2, 0.25) is 0 Å². The first kappa shape index (κ1) is 14.8. The van der Waals surface area contributed by atoms with Crippen LogP contribution in [0.25, 0.3) is 0 Å². The molecule has 1 heterocycles. The average Bonchev–Trinajstić information content (AvgIpc) is 2.50. The molecular formula is C16H23N3O. The second-order valence-corrected chi connectivity index (χ2v) is 5.23. The van der Waals surface area contributed by atoms with Gasteiger partial charge in [0.25, 0.3) is 0 Å². The molecule has 108 valence electrons. The van der Waals surface area contributed by atoms with Crippen molar-refractivity contribution < 1.29 is 4.74 Å². The van der Waals surface area contributed by atoms with Gasteiger partial charge in [0.05, 0.1) is 11.6 Å². The van der Waals surface area contributed by atoms with E-state index < -0.39 is 0 Å². The molecule has 4 heteroatoms. The Kier molecular flexibility index (Phi) is 5.85. The molecule has 0 aliphatic carbocycles. The van der Waals surface area contributed by atoms with Gasteiger partial charge in [-0.3, -0.25) is 4.90 Å². The van der Waals surface area contributed by atoms with E-state index in [0.717, 1.165) is 18.8 Å². The number of nitrogens with one attached hydrogen (secondary N) is 1. The molecule has 1 atom stereocenters. The largest absolute Gasteiger partial charge is 0.492 e. The summed E-state index contributed by atoms with van der Waals surface area (Å²) < 4.78 is 5.76. The molecule has 1 N–H and O–H groups in total. The lowest BCUT2D eigenvalue weighted by molar-refractivity contribution is 0.123. The highest BCUT2D eigenvalue weighted by molar-refractivity contribution is 5.34. The Morgan fingerprint density at radius 2 is 2.15 bits per heavy atom. The average molecular weight is 273 g/mol. The van der Waals surface area contributed by atoms with Gasteiger partial charge in [-0.25, -0.2) is 0 Å². The zero-order chi connectivity index (χ0) is 14.2. The van der Waals surface area contributed by atoms with Crippen molar-refractivity contribution in [1.29, 1.82) is 5.26 Å². The number of hydrogen-bond donors (Lipinski definition) is 1. The quantitative estimate of drug-likeness (QED) is 0.861. The maximum atomic E-state index is 8.75. The van der Waals surface area contributed by atoms with E-state index in [1.54, 1.807) is 12.1 Å². The fraction of sp³-hybridized carbons (Fsp3) is 0.562. The summed E-state index contributed by atoms with van der Waals surface area (Å²) in [6, 6.07) is 10.1. The Morgan fingerprint density at radius 1 is 1.35 bits per heavy atom. The molecule has 1 aliphatic heterocycles. The zero-order valence-electron chi connectivity index (χ0n) is 12.1. The molecule has 1 aliphatic rings. The van der Waals surface area contributed by atoms with Crippen LogP contribution < -0.4 is 10.1 Å². The van der Waals surface area contributed by atoms with Gasteiger partial charge in [0.15, 0.2) is 0 Å². The Labute approximate surface area is 121 Å². The molecule has 0 bridgehead atoms. The minimum atomic E-state index is 0.637. The summed E-state index contributed by atoms with van der Waals surface area (Å²) in [5.41, 5.74) is 0.669. The highest BCUT2D eigenvalue weighted by Crippen LogP contribution is 2.16. The summed E-state index contributed by atoms with van der Waals surface area (Å²) in [6.45, 7) is 3.89. The summed E-state index contributed by atoms with van der Waals surface area (Å²) in [5.74, 6) is 0.839. The minimum Gasteiger partial charge on any atom is -0.492 e. The predicted molar refractivity (Wildman–Crippen MR) is 79.8 cm³/mol. The lowest BCUT2D eigenvalue weighted by atomic mass is 10.0. The molecule has 0 amide bonds. The van der Waals surface area contributed by atoms with Gasteiger partial charge in [-0.2, -0.15) is 5.26 Å². The second-order valence-electron chi connectivity index (χ2n) is 5.23. The van der Waals surface area contributed by atoms with Gasteiger partial charge >= 0.3 is 0 Å². The standard InChI is InChI=1S/C16H23N3O/c1-18-13-15-4-2-3-9-19(15)10-11-20-16-7-5-14(12-17)6-8-16/h5-8,15,18H,2-4,9-11,13H2,1H3. The van der Waals surface area contributed by atoms with Crippen molar-refractivity contribution in [3.63, 3.8) is 0 Å². The van der Waals surface area contributed by atoms with Crippen LogP contribution in [0.5, 0.6) is 5.75 Å². The van der Waals surface area contributed by atoms with E-state index in [9.17, 15) is 0 Å². The van der Waals surface area contributed by atoms with Crippen LogP contribution in [0.15, 0.2) is 24.3 Å². The van der Waals surface area contributed by atoms with Crippen LogP contribution in [0.4, 0.5) is 0 Å². The van der Waals surface area contributed by atoms with E-state index in [2.05, 4.69) is 16.3 Å². The summed E-state index contributed by atoms with van der Waals surface area (Å²) in [4.78, 5) is 2.52. The van der Waals surface area contributed by atoms with Gasteiger partial charge in [-0.1, -0.05) is 6.42 Å². The third-order valence-corrected chi connectivity index (χ3v) is 3.82. The Balaban J connectivity index is 1.77. The number of rotatable bonds is 6. The zero-order valence-corrected chi connectivity index (χ0v) is 12.1. The molecule has 1 saturated heterocycles. The van der Waals surface area contributed by atoms with Crippen LogP contribution in [0.3, 0.4) is 0 Å². The van der Waals surface area contributed by atoms with Gasteiger partial charge < -0.3 is 10.1 Å². The molecule has 4 nitrogen and oxygen atoms in total. The molecule has 1 aromatic rings.